The van der Waals surface area contributed by atoms with E-state index < -0.39 is 0 Å². The maximum atomic E-state index is 5.52. The Balaban J connectivity index is 1.59. The molecule has 7 aromatic rings. The van der Waals surface area contributed by atoms with E-state index in [-0.39, 0.29) is 0 Å². The average molecular weight is 755 g/mol. The van der Waals surface area contributed by atoms with Gasteiger partial charge in [-0.15, -0.1) is 0 Å². The third kappa shape index (κ3) is 8.65. The maximum absolute atomic E-state index is 5.52. The van der Waals surface area contributed by atoms with Crippen molar-refractivity contribution in [1.82, 2.24) is 34.9 Å². The van der Waals surface area contributed by atoms with Crippen LogP contribution in [0, 0.1) is 0 Å². The number of anilines is 9. The van der Waals surface area contributed by atoms with Crippen LogP contribution in [0.1, 0.15) is 74.9 Å². The summed E-state index contributed by atoms with van der Waals surface area (Å²) in [4.78, 5) is 41.4. The number of pyridine rings is 7. The molecule has 0 aliphatic rings. The quantitative estimate of drug-likeness (QED) is 0.101. The molecule has 0 unspecified atom stereocenters. The number of aryl methyl sites for hydroxylation is 6. The van der Waals surface area contributed by atoms with Gasteiger partial charge in [-0.3, -0.25) is 14.7 Å². The van der Waals surface area contributed by atoms with Crippen LogP contribution >= 0.6 is 0 Å². The Morgan fingerprint density at radius 3 is 0.754 bits per heavy atom. The smallest absolute Gasteiger partial charge is 0.144 e. The summed E-state index contributed by atoms with van der Waals surface area (Å²) in [5.74, 6) is 5.52. The van der Waals surface area contributed by atoms with Crippen molar-refractivity contribution in [2.24, 2.45) is 0 Å². The molecule has 57 heavy (non-hydrogen) atoms. The summed E-state index contributed by atoms with van der Waals surface area (Å²) in [6.07, 6.45) is 16.3. The molecular weight excluding hydrogens is 705 g/mol. The molecule has 0 saturated heterocycles. The van der Waals surface area contributed by atoms with E-state index in [9.17, 15) is 0 Å². The molecule has 7 rings (SSSR count). The molecule has 288 valence electrons. The van der Waals surface area contributed by atoms with Crippen LogP contribution in [0.5, 0.6) is 0 Å². The minimum Gasteiger partial charge on any atom is -0.279 e. The summed E-state index contributed by atoms with van der Waals surface area (Å²) in [5.41, 5.74) is 7.73. The van der Waals surface area contributed by atoms with Gasteiger partial charge in [0.15, 0.2) is 0 Å². The minimum absolute atomic E-state index is 0.607. The molecule has 0 saturated carbocycles. The van der Waals surface area contributed by atoms with Gasteiger partial charge in [-0.2, -0.15) is 0 Å². The molecule has 10 nitrogen and oxygen atoms in total. The van der Waals surface area contributed by atoms with Crippen molar-refractivity contribution >= 4 is 52.2 Å². The predicted molar refractivity (Wildman–Crippen MR) is 231 cm³/mol. The first-order chi connectivity index (χ1) is 27.9. The molecule has 0 fully saturated rings. The fourth-order valence-corrected chi connectivity index (χ4v) is 6.75. The molecule has 0 spiro atoms. The van der Waals surface area contributed by atoms with Gasteiger partial charge in [0.05, 0.1) is 5.69 Å². The Bertz CT molecular complexity index is 2020. The number of aromatic nitrogens is 7. The van der Waals surface area contributed by atoms with Crippen LogP contribution in [0.4, 0.5) is 52.2 Å². The van der Waals surface area contributed by atoms with Gasteiger partial charge in [0.2, 0.25) is 0 Å². The zero-order valence-corrected chi connectivity index (χ0v) is 33.8. The minimum atomic E-state index is 0.607. The van der Waals surface area contributed by atoms with E-state index in [1.807, 2.05) is 71.2 Å². The lowest BCUT2D eigenvalue weighted by molar-refractivity contribution is 1.01. The average Bonchev–Trinajstić information content (AvgIpc) is 3.27. The van der Waals surface area contributed by atoms with Gasteiger partial charge >= 0.3 is 0 Å². The van der Waals surface area contributed by atoms with Gasteiger partial charge in [0, 0.05) is 49.3 Å². The van der Waals surface area contributed by atoms with Crippen LogP contribution in [0.25, 0.3) is 0 Å². The third-order valence-electron chi connectivity index (χ3n) is 10.2. The Kier molecular flexibility index (Phi) is 12.2. The van der Waals surface area contributed by atoms with Crippen LogP contribution in [0.15, 0.2) is 122 Å². The van der Waals surface area contributed by atoms with Gasteiger partial charge in [-0.1, -0.05) is 41.5 Å². The molecule has 0 atom stereocenters. The van der Waals surface area contributed by atoms with E-state index in [4.69, 9.17) is 34.9 Å². The van der Waals surface area contributed by atoms with Gasteiger partial charge in [0.1, 0.15) is 46.5 Å². The summed E-state index contributed by atoms with van der Waals surface area (Å²) in [6.45, 7) is 12.9. The van der Waals surface area contributed by atoms with Gasteiger partial charge in [-0.25, -0.2) is 34.9 Å². The normalized spacial score (nSPS) is 11.1. The van der Waals surface area contributed by atoms with Crippen LogP contribution in [0.3, 0.4) is 0 Å². The molecule has 0 N–H and O–H groups in total. The zero-order chi connectivity index (χ0) is 39.7. The first-order valence-electron chi connectivity index (χ1n) is 20.1. The molecule has 10 heteroatoms. The van der Waals surface area contributed by atoms with Crippen molar-refractivity contribution in [1.29, 1.82) is 0 Å². The second-order valence-corrected chi connectivity index (χ2v) is 13.8. The lowest BCUT2D eigenvalue weighted by Crippen LogP contribution is -2.21. The Hall–Kier alpha value is -6.55. The van der Waals surface area contributed by atoms with E-state index in [1.54, 1.807) is 0 Å². The lowest BCUT2D eigenvalue weighted by atomic mass is 10.1. The summed E-state index contributed by atoms with van der Waals surface area (Å²) in [5, 5.41) is 0. The highest BCUT2D eigenvalue weighted by atomic mass is 15.3. The van der Waals surface area contributed by atoms with Gasteiger partial charge in [0.25, 0.3) is 0 Å². The van der Waals surface area contributed by atoms with Crippen LogP contribution in [-0.4, -0.2) is 34.9 Å². The topological polar surface area (TPSA) is 100.0 Å². The fraction of sp³-hybridized carbons (Fsp3) is 0.255. The molecule has 0 aliphatic carbocycles. The summed E-state index contributed by atoms with van der Waals surface area (Å²) in [6, 6.07) is 29.2. The van der Waals surface area contributed by atoms with Crippen molar-refractivity contribution in [3.05, 3.63) is 155 Å². The Morgan fingerprint density at radius 1 is 0.298 bits per heavy atom. The third-order valence-corrected chi connectivity index (χ3v) is 10.2. The van der Waals surface area contributed by atoms with E-state index >= 15 is 0 Å². The molecule has 0 amide bonds. The largest absolute Gasteiger partial charge is 0.279 e. The molecule has 0 radical (unpaired) electrons. The molecule has 0 aliphatic heterocycles. The van der Waals surface area contributed by atoms with Crippen LogP contribution < -0.4 is 14.7 Å². The van der Waals surface area contributed by atoms with Crippen molar-refractivity contribution in [2.45, 2.75) is 80.1 Å². The van der Waals surface area contributed by atoms with E-state index in [2.05, 4.69) is 107 Å². The maximum Gasteiger partial charge on any atom is 0.144 e. The monoisotopic (exact) mass is 754 g/mol. The van der Waals surface area contributed by atoms with Gasteiger partial charge in [-0.05, 0) is 145 Å². The second-order valence-electron chi connectivity index (χ2n) is 13.8. The number of hydrogen-bond acceptors (Lipinski definition) is 10. The number of hydrogen-bond donors (Lipinski definition) is 0. The van der Waals surface area contributed by atoms with Crippen molar-refractivity contribution in [3.8, 4) is 0 Å². The highest BCUT2D eigenvalue weighted by Crippen LogP contribution is 2.42. The van der Waals surface area contributed by atoms with Gasteiger partial charge < -0.3 is 0 Å². The fourth-order valence-electron chi connectivity index (χ4n) is 6.75. The zero-order valence-electron chi connectivity index (χ0n) is 33.8. The molecule has 0 bridgehead atoms. The second kappa shape index (κ2) is 17.9. The van der Waals surface area contributed by atoms with Crippen molar-refractivity contribution < 1.29 is 0 Å². The molecule has 0 aromatic carbocycles. The first kappa shape index (κ1) is 38.7. The van der Waals surface area contributed by atoms with Crippen LogP contribution in [0.2, 0.25) is 0 Å². The van der Waals surface area contributed by atoms with E-state index in [0.29, 0.717) is 34.9 Å². The van der Waals surface area contributed by atoms with E-state index in [1.165, 1.54) is 0 Å². The summed E-state index contributed by atoms with van der Waals surface area (Å²) in [7, 11) is 0. The highest BCUT2D eigenvalue weighted by Gasteiger charge is 2.26. The van der Waals surface area contributed by atoms with Crippen molar-refractivity contribution in [2.75, 3.05) is 14.7 Å². The summed E-state index contributed by atoms with van der Waals surface area (Å²) >= 11 is 0. The van der Waals surface area contributed by atoms with Crippen molar-refractivity contribution in [3.63, 3.8) is 0 Å². The highest BCUT2D eigenvalue weighted by molar-refractivity contribution is 5.83. The van der Waals surface area contributed by atoms with Crippen LogP contribution in [-0.2, 0) is 38.5 Å². The van der Waals surface area contributed by atoms with E-state index in [0.717, 1.165) is 89.2 Å². The Morgan fingerprint density at radius 2 is 0.526 bits per heavy atom. The summed E-state index contributed by atoms with van der Waals surface area (Å²) < 4.78 is 0. The predicted octanol–water partition coefficient (Wildman–Crippen LogP) is 11.2. The molecular formula is C47H50N10. The standard InChI is InChI=1S/C47H50N10/c1-7-33-13-19-48-40(25-33)55(41-26-34(8-2)14-20-49-41)39-31-46(56(42-27-35(9-3)15-21-50-42)43-28-36(10-4)16-22-51-43)54-47(32-39)57(44-29-37(11-5)17-23-52-44)45-30-38(12-6)18-24-53-45/h13-32H,7-12H2,1-6H3. The number of rotatable bonds is 15. The first-order valence-corrected chi connectivity index (χ1v) is 20.1. The molecule has 7 heterocycles. The Labute approximate surface area is 336 Å². The lowest BCUT2D eigenvalue weighted by Gasteiger charge is -2.30. The molecule has 7 aromatic heterocycles. The SMILES string of the molecule is CCc1ccnc(N(c2cc(N(c3cc(CC)ccn3)c3cc(CC)ccn3)nc(N(c3cc(CC)ccn3)c3cc(CC)ccn3)c2)c2cc(CC)ccn2)c1. The number of nitrogens with zero attached hydrogens (tertiary/aromatic N) is 10.